The van der Waals surface area contributed by atoms with E-state index in [0.29, 0.717) is 6.54 Å². The summed E-state index contributed by atoms with van der Waals surface area (Å²) in [5.74, 6) is -0.308. The first-order valence-electron chi connectivity index (χ1n) is 8.20. The van der Waals surface area contributed by atoms with Crippen molar-refractivity contribution in [3.8, 4) is 5.75 Å². The Morgan fingerprint density at radius 2 is 1.86 bits per heavy atom. The van der Waals surface area contributed by atoms with Crippen molar-refractivity contribution in [2.24, 2.45) is 0 Å². The number of rotatable bonds is 7. The third-order valence-electron chi connectivity index (χ3n) is 3.78. The van der Waals surface area contributed by atoms with Crippen LogP contribution in [0.15, 0.2) is 47.4 Å². The third-order valence-corrected chi connectivity index (χ3v) is 5.18. The number of sulfonamides is 1. The van der Waals surface area contributed by atoms with Crippen LogP contribution in [-0.4, -0.2) is 28.0 Å². The van der Waals surface area contributed by atoms with Gasteiger partial charge in [-0.3, -0.25) is 4.79 Å². The summed E-state index contributed by atoms with van der Waals surface area (Å²) in [6.07, 6.45) is -4.52. The highest BCUT2D eigenvalue weighted by Crippen LogP contribution is 2.29. The van der Waals surface area contributed by atoms with Crippen LogP contribution in [0.5, 0.6) is 5.75 Å². The van der Waals surface area contributed by atoms with Crippen molar-refractivity contribution in [1.29, 1.82) is 0 Å². The van der Waals surface area contributed by atoms with Crippen molar-refractivity contribution in [3.63, 3.8) is 0 Å². The highest BCUT2D eigenvalue weighted by Gasteiger charge is 2.30. The van der Waals surface area contributed by atoms with E-state index in [-0.39, 0.29) is 28.3 Å². The highest BCUT2D eigenvalue weighted by atomic mass is 32.2. The average molecular weight is 416 g/mol. The molecule has 2 aromatic rings. The molecule has 0 aliphatic rings. The molecule has 28 heavy (non-hydrogen) atoms. The molecule has 0 atom stereocenters. The molecule has 1 amide bonds. The molecule has 0 bridgehead atoms. The van der Waals surface area contributed by atoms with Gasteiger partial charge in [0.1, 0.15) is 5.75 Å². The van der Waals surface area contributed by atoms with Gasteiger partial charge in [0.05, 0.1) is 23.1 Å². The van der Waals surface area contributed by atoms with Crippen molar-refractivity contribution in [2.75, 3.05) is 13.7 Å². The number of nitrogens with one attached hydrogen (secondary N) is 2. The van der Waals surface area contributed by atoms with E-state index in [1.165, 1.54) is 31.4 Å². The zero-order valence-electron chi connectivity index (χ0n) is 15.1. The first-order chi connectivity index (χ1) is 13.1. The van der Waals surface area contributed by atoms with E-state index >= 15 is 0 Å². The van der Waals surface area contributed by atoms with Gasteiger partial charge in [-0.15, -0.1) is 0 Å². The minimum atomic E-state index is -4.52. The number of halogens is 3. The van der Waals surface area contributed by atoms with Crippen molar-refractivity contribution >= 4 is 15.9 Å². The lowest BCUT2D eigenvalue weighted by Crippen LogP contribution is -2.26. The smallest absolute Gasteiger partial charge is 0.416 e. The number of hydrogen-bond acceptors (Lipinski definition) is 4. The molecule has 2 rings (SSSR count). The van der Waals surface area contributed by atoms with Crippen LogP contribution in [0.25, 0.3) is 0 Å². The van der Waals surface area contributed by atoms with Crippen LogP contribution in [0.3, 0.4) is 0 Å². The van der Waals surface area contributed by atoms with E-state index in [9.17, 15) is 26.4 Å². The molecule has 2 aromatic carbocycles. The summed E-state index contributed by atoms with van der Waals surface area (Å²) < 4.78 is 70.7. The Morgan fingerprint density at radius 1 is 1.14 bits per heavy atom. The summed E-state index contributed by atoms with van der Waals surface area (Å²) in [7, 11) is -2.72. The number of methoxy groups -OCH3 is 1. The Hall–Kier alpha value is -2.59. The molecule has 6 nitrogen and oxygen atoms in total. The predicted octanol–water partition coefficient (Wildman–Crippen LogP) is 2.94. The summed E-state index contributed by atoms with van der Waals surface area (Å²) in [5.41, 5.74) is -0.686. The second kappa shape index (κ2) is 8.61. The molecule has 0 aromatic heterocycles. The third kappa shape index (κ3) is 5.23. The minimum Gasteiger partial charge on any atom is -0.496 e. The fourth-order valence-electron chi connectivity index (χ4n) is 2.41. The number of amides is 1. The Morgan fingerprint density at radius 3 is 2.46 bits per heavy atom. The van der Waals surface area contributed by atoms with Gasteiger partial charge >= 0.3 is 6.18 Å². The minimum absolute atomic E-state index is 0.0336. The molecule has 0 fully saturated rings. The standard InChI is InChI=1S/C18H19F3N2O4S/c1-3-22-17(24)15-10-14(7-8-16(15)27-2)28(25,26)23-11-12-5-4-6-13(9-12)18(19,20)21/h4-10,23H,3,11H2,1-2H3,(H,22,24). The first kappa shape index (κ1) is 21.7. The van der Waals surface area contributed by atoms with E-state index in [1.54, 1.807) is 6.92 Å². The maximum Gasteiger partial charge on any atom is 0.416 e. The molecule has 0 saturated heterocycles. The molecule has 0 saturated carbocycles. The number of ether oxygens (including phenoxy) is 1. The van der Waals surface area contributed by atoms with Crippen LogP contribution in [0, 0.1) is 0 Å². The number of hydrogen-bond donors (Lipinski definition) is 2. The van der Waals surface area contributed by atoms with E-state index in [1.807, 2.05) is 0 Å². The largest absolute Gasteiger partial charge is 0.496 e. The van der Waals surface area contributed by atoms with Crippen molar-refractivity contribution < 1.29 is 31.1 Å². The molecular weight excluding hydrogens is 397 g/mol. The van der Waals surface area contributed by atoms with E-state index < -0.39 is 27.7 Å². The van der Waals surface area contributed by atoms with Gasteiger partial charge in [-0.05, 0) is 36.8 Å². The molecule has 2 N–H and O–H groups in total. The fourth-order valence-corrected chi connectivity index (χ4v) is 3.45. The summed E-state index contributed by atoms with van der Waals surface area (Å²) in [6, 6.07) is 8.09. The predicted molar refractivity (Wildman–Crippen MR) is 96.5 cm³/mol. The topological polar surface area (TPSA) is 84.5 Å². The SMILES string of the molecule is CCNC(=O)c1cc(S(=O)(=O)NCc2cccc(C(F)(F)F)c2)ccc1OC. The highest BCUT2D eigenvalue weighted by molar-refractivity contribution is 7.89. The maximum atomic E-state index is 12.8. The number of carbonyl (C=O) groups is 1. The van der Waals surface area contributed by atoms with E-state index in [2.05, 4.69) is 10.0 Å². The monoisotopic (exact) mass is 416 g/mol. The first-order valence-corrected chi connectivity index (χ1v) is 9.69. The Kier molecular flexibility index (Phi) is 6.68. The lowest BCUT2D eigenvalue weighted by molar-refractivity contribution is -0.137. The molecule has 10 heteroatoms. The number of alkyl halides is 3. The molecule has 0 aliphatic carbocycles. The summed E-state index contributed by atoms with van der Waals surface area (Å²) in [4.78, 5) is 11.9. The van der Waals surface area contributed by atoms with Crippen molar-refractivity contribution in [2.45, 2.75) is 24.5 Å². The number of carbonyl (C=O) groups excluding carboxylic acids is 1. The van der Waals surface area contributed by atoms with Gasteiger partial charge in [-0.2, -0.15) is 13.2 Å². The van der Waals surface area contributed by atoms with E-state index in [0.717, 1.165) is 18.2 Å². The Balaban J connectivity index is 2.25. The fraction of sp³-hybridized carbons (Fsp3) is 0.278. The van der Waals surface area contributed by atoms with Gasteiger partial charge in [0.15, 0.2) is 0 Å². The quantitative estimate of drug-likeness (QED) is 0.727. The second-order valence-corrected chi connectivity index (χ2v) is 7.51. The normalized spacial score (nSPS) is 11.9. The zero-order valence-corrected chi connectivity index (χ0v) is 15.9. The average Bonchev–Trinajstić information content (AvgIpc) is 2.65. The van der Waals surface area contributed by atoms with Crippen molar-refractivity contribution in [3.05, 3.63) is 59.2 Å². The maximum absolute atomic E-state index is 12.8. The molecule has 0 heterocycles. The zero-order chi connectivity index (χ0) is 20.9. The molecular formula is C18H19F3N2O4S. The van der Waals surface area contributed by atoms with Crippen LogP contribution in [0.2, 0.25) is 0 Å². The van der Waals surface area contributed by atoms with Crippen LogP contribution >= 0.6 is 0 Å². The lowest BCUT2D eigenvalue weighted by atomic mass is 10.1. The van der Waals surface area contributed by atoms with Gasteiger partial charge in [-0.1, -0.05) is 18.2 Å². The van der Waals surface area contributed by atoms with Gasteiger partial charge in [0, 0.05) is 13.1 Å². The molecule has 152 valence electrons. The van der Waals surface area contributed by atoms with Gasteiger partial charge in [0.25, 0.3) is 5.91 Å². The van der Waals surface area contributed by atoms with Gasteiger partial charge in [0.2, 0.25) is 10.0 Å². The van der Waals surface area contributed by atoms with Crippen LogP contribution in [-0.2, 0) is 22.7 Å². The Labute approximate surface area is 160 Å². The van der Waals surface area contributed by atoms with Crippen LogP contribution < -0.4 is 14.8 Å². The summed E-state index contributed by atoms with van der Waals surface area (Å²) >= 11 is 0. The van der Waals surface area contributed by atoms with Crippen molar-refractivity contribution in [1.82, 2.24) is 10.0 Å². The van der Waals surface area contributed by atoms with Crippen LogP contribution in [0.4, 0.5) is 13.2 Å². The molecule has 0 aliphatic heterocycles. The number of benzene rings is 2. The Bertz CT molecular complexity index is 960. The summed E-state index contributed by atoms with van der Waals surface area (Å²) in [5, 5.41) is 2.55. The molecule has 0 unspecified atom stereocenters. The van der Waals surface area contributed by atoms with E-state index in [4.69, 9.17) is 4.74 Å². The molecule has 0 spiro atoms. The van der Waals surface area contributed by atoms with Crippen LogP contribution in [0.1, 0.15) is 28.4 Å². The van der Waals surface area contributed by atoms with Gasteiger partial charge < -0.3 is 10.1 Å². The summed E-state index contributed by atoms with van der Waals surface area (Å²) in [6.45, 7) is 1.71. The second-order valence-electron chi connectivity index (χ2n) is 5.74. The lowest BCUT2D eigenvalue weighted by Gasteiger charge is -2.12. The molecule has 0 radical (unpaired) electrons. The van der Waals surface area contributed by atoms with Gasteiger partial charge in [-0.25, -0.2) is 13.1 Å².